The van der Waals surface area contributed by atoms with E-state index in [-0.39, 0.29) is 6.61 Å². The molecule has 17 heavy (non-hydrogen) atoms. The van der Waals surface area contributed by atoms with Crippen molar-refractivity contribution in [3.05, 3.63) is 28.8 Å². The number of halogens is 1. The summed E-state index contributed by atoms with van der Waals surface area (Å²) in [5, 5.41) is 19.3. The topological polar surface area (TPSA) is 43.7 Å². The van der Waals surface area contributed by atoms with Crippen molar-refractivity contribution in [3.8, 4) is 0 Å². The Bertz CT molecular complexity index is 395. The van der Waals surface area contributed by atoms with Crippen LogP contribution in [0.1, 0.15) is 25.0 Å². The van der Waals surface area contributed by atoms with Gasteiger partial charge in [-0.1, -0.05) is 17.7 Å². The Morgan fingerprint density at radius 1 is 1.53 bits per heavy atom. The van der Waals surface area contributed by atoms with E-state index >= 15 is 0 Å². The van der Waals surface area contributed by atoms with Crippen LogP contribution in [0.15, 0.2) is 18.2 Å². The van der Waals surface area contributed by atoms with Gasteiger partial charge in [0.05, 0.1) is 16.8 Å². The predicted octanol–water partition coefficient (Wildman–Crippen LogP) is 2.21. The normalized spacial score (nSPS) is 21.9. The van der Waals surface area contributed by atoms with E-state index in [1.165, 1.54) is 0 Å². The van der Waals surface area contributed by atoms with Gasteiger partial charge in [0.2, 0.25) is 0 Å². The molecule has 1 heterocycles. The SMILES string of the molecule is C[C@@H](O)c1ccc(N2CCC(CO)C2)c(Cl)c1. The Morgan fingerprint density at radius 3 is 2.82 bits per heavy atom. The summed E-state index contributed by atoms with van der Waals surface area (Å²) in [6.45, 7) is 3.74. The minimum atomic E-state index is -0.495. The van der Waals surface area contributed by atoms with E-state index in [4.69, 9.17) is 16.7 Å². The molecule has 1 unspecified atom stereocenters. The fraction of sp³-hybridized carbons (Fsp3) is 0.538. The molecule has 4 heteroatoms. The monoisotopic (exact) mass is 255 g/mol. The lowest BCUT2D eigenvalue weighted by Gasteiger charge is -2.20. The first-order valence-corrected chi connectivity index (χ1v) is 6.33. The van der Waals surface area contributed by atoms with Crippen LogP contribution in [0.5, 0.6) is 0 Å². The number of rotatable bonds is 3. The molecule has 94 valence electrons. The van der Waals surface area contributed by atoms with Crippen molar-refractivity contribution < 1.29 is 10.2 Å². The summed E-state index contributed by atoms with van der Waals surface area (Å²) in [6, 6.07) is 5.66. The van der Waals surface area contributed by atoms with Crippen LogP contribution in [-0.2, 0) is 0 Å². The number of aliphatic hydroxyl groups excluding tert-OH is 2. The summed E-state index contributed by atoms with van der Waals surface area (Å²) in [4.78, 5) is 2.19. The number of benzene rings is 1. The number of nitrogens with zero attached hydrogens (tertiary/aromatic N) is 1. The van der Waals surface area contributed by atoms with Gasteiger partial charge >= 0.3 is 0 Å². The van der Waals surface area contributed by atoms with Crippen molar-refractivity contribution in [2.24, 2.45) is 5.92 Å². The Hall–Kier alpha value is -0.770. The molecule has 0 aliphatic carbocycles. The van der Waals surface area contributed by atoms with Crippen molar-refractivity contribution in [2.75, 3.05) is 24.6 Å². The molecule has 1 saturated heterocycles. The van der Waals surface area contributed by atoms with Crippen LogP contribution in [0.25, 0.3) is 0 Å². The average molecular weight is 256 g/mol. The first-order chi connectivity index (χ1) is 8.11. The van der Waals surface area contributed by atoms with Gasteiger partial charge in [0.25, 0.3) is 0 Å². The van der Waals surface area contributed by atoms with Crippen LogP contribution in [0, 0.1) is 5.92 Å². The maximum absolute atomic E-state index is 9.48. The summed E-state index contributed by atoms with van der Waals surface area (Å²) in [5.74, 6) is 0.350. The van der Waals surface area contributed by atoms with E-state index in [1.807, 2.05) is 18.2 Å². The second-order valence-corrected chi connectivity index (χ2v) is 5.08. The molecule has 2 N–H and O–H groups in total. The molecule has 2 rings (SSSR count). The zero-order valence-corrected chi connectivity index (χ0v) is 10.7. The van der Waals surface area contributed by atoms with Crippen molar-refractivity contribution in [2.45, 2.75) is 19.4 Å². The Morgan fingerprint density at radius 2 is 2.29 bits per heavy atom. The van der Waals surface area contributed by atoms with Crippen molar-refractivity contribution in [3.63, 3.8) is 0 Å². The maximum Gasteiger partial charge on any atom is 0.0762 e. The van der Waals surface area contributed by atoms with Crippen molar-refractivity contribution in [1.29, 1.82) is 0 Å². The molecule has 0 radical (unpaired) electrons. The fourth-order valence-electron chi connectivity index (χ4n) is 2.24. The van der Waals surface area contributed by atoms with Gasteiger partial charge < -0.3 is 15.1 Å². The maximum atomic E-state index is 9.48. The molecule has 1 fully saturated rings. The van der Waals surface area contributed by atoms with E-state index < -0.39 is 6.10 Å². The van der Waals surface area contributed by atoms with Gasteiger partial charge in [0.1, 0.15) is 0 Å². The largest absolute Gasteiger partial charge is 0.396 e. The van der Waals surface area contributed by atoms with E-state index in [1.54, 1.807) is 6.92 Å². The third-order valence-electron chi connectivity index (χ3n) is 3.34. The first-order valence-electron chi connectivity index (χ1n) is 5.95. The second kappa shape index (κ2) is 5.25. The van der Waals surface area contributed by atoms with Gasteiger partial charge in [0.15, 0.2) is 0 Å². The highest BCUT2D eigenvalue weighted by atomic mass is 35.5. The van der Waals surface area contributed by atoms with Crippen LogP contribution in [0.4, 0.5) is 5.69 Å². The molecule has 1 aliphatic rings. The summed E-state index contributed by atoms with van der Waals surface area (Å²) in [6.07, 6.45) is 0.510. The molecule has 0 aromatic heterocycles. The lowest BCUT2D eigenvalue weighted by atomic mass is 10.1. The third kappa shape index (κ3) is 2.73. The molecule has 0 spiro atoms. The first kappa shape index (κ1) is 12.7. The molecular weight excluding hydrogens is 238 g/mol. The van der Waals surface area contributed by atoms with Gasteiger partial charge in [-0.2, -0.15) is 0 Å². The minimum Gasteiger partial charge on any atom is -0.396 e. The fourth-order valence-corrected chi connectivity index (χ4v) is 2.55. The standard InChI is InChI=1S/C13H18ClNO2/c1-9(17)11-2-3-13(12(14)6-11)15-5-4-10(7-15)8-16/h2-3,6,9-10,16-17H,4-5,7-8H2,1H3/t9-,10?/m1/s1. The van der Waals surface area contributed by atoms with Gasteiger partial charge in [-0.25, -0.2) is 0 Å². The smallest absolute Gasteiger partial charge is 0.0762 e. The number of anilines is 1. The second-order valence-electron chi connectivity index (χ2n) is 4.67. The highest BCUT2D eigenvalue weighted by molar-refractivity contribution is 6.33. The molecule has 2 atom stereocenters. The predicted molar refractivity (Wildman–Crippen MR) is 69.5 cm³/mol. The zero-order valence-electron chi connectivity index (χ0n) is 9.93. The molecule has 0 amide bonds. The summed E-state index contributed by atoms with van der Waals surface area (Å²) < 4.78 is 0. The molecular formula is C13H18ClNO2. The highest BCUT2D eigenvalue weighted by Crippen LogP contribution is 2.32. The molecule has 1 aromatic carbocycles. The quantitative estimate of drug-likeness (QED) is 0.870. The van der Waals surface area contributed by atoms with Gasteiger partial charge in [-0.15, -0.1) is 0 Å². The Labute approximate surface area is 107 Å². The molecule has 3 nitrogen and oxygen atoms in total. The van der Waals surface area contributed by atoms with E-state index in [0.717, 1.165) is 30.8 Å². The van der Waals surface area contributed by atoms with Crippen LogP contribution in [-0.4, -0.2) is 29.9 Å². The van der Waals surface area contributed by atoms with Crippen LogP contribution >= 0.6 is 11.6 Å². The number of hydrogen-bond acceptors (Lipinski definition) is 3. The zero-order chi connectivity index (χ0) is 12.4. The van der Waals surface area contributed by atoms with E-state index in [9.17, 15) is 5.11 Å². The highest BCUT2D eigenvalue weighted by Gasteiger charge is 2.23. The van der Waals surface area contributed by atoms with Crippen molar-refractivity contribution in [1.82, 2.24) is 0 Å². The van der Waals surface area contributed by atoms with Crippen LogP contribution < -0.4 is 4.90 Å². The summed E-state index contributed by atoms with van der Waals surface area (Å²) in [5.41, 5.74) is 1.82. The Kier molecular flexibility index (Phi) is 3.92. The summed E-state index contributed by atoms with van der Waals surface area (Å²) in [7, 11) is 0. The lowest BCUT2D eigenvalue weighted by Crippen LogP contribution is -2.21. The minimum absolute atomic E-state index is 0.236. The number of aliphatic hydroxyl groups is 2. The van der Waals surface area contributed by atoms with Gasteiger partial charge in [-0.05, 0) is 31.0 Å². The van der Waals surface area contributed by atoms with E-state index in [0.29, 0.717) is 10.9 Å². The molecule has 1 aromatic rings. The number of hydrogen-bond donors (Lipinski definition) is 2. The molecule has 0 saturated carbocycles. The molecule has 0 bridgehead atoms. The summed E-state index contributed by atoms with van der Waals surface area (Å²) >= 11 is 6.23. The van der Waals surface area contributed by atoms with Gasteiger partial charge in [-0.3, -0.25) is 0 Å². The lowest BCUT2D eigenvalue weighted by molar-refractivity contribution is 0.199. The van der Waals surface area contributed by atoms with Crippen LogP contribution in [0.3, 0.4) is 0 Å². The Balaban J connectivity index is 2.17. The third-order valence-corrected chi connectivity index (χ3v) is 3.64. The van der Waals surface area contributed by atoms with E-state index in [2.05, 4.69) is 4.90 Å². The van der Waals surface area contributed by atoms with Gasteiger partial charge in [0, 0.05) is 25.6 Å². The van der Waals surface area contributed by atoms with Crippen LogP contribution in [0.2, 0.25) is 5.02 Å². The average Bonchev–Trinajstić information content (AvgIpc) is 2.77. The molecule has 1 aliphatic heterocycles. The van der Waals surface area contributed by atoms with Crippen molar-refractivity contribution >= 4 is 17.3 Å².